The number of hydrogen-bond donors (Lipinski definition) is 2. The quantitative estimate of drug-likeness (QED) is 0.0334. The Morgan fingerprint density at radius 1 is 0.963 bits per heavy atom. The summed E-state index contributed by atoms with van der Waals surface area (Å²) in [5.41, 5.74) is 9.10. The minimum atomic E-state index is -0.638. The Morgan fingerprint density at radius 3 is 2.10 bits per heavy atom. The average molecular weight is 1130 g/mol. The van der Waals surface area contributed by atoms with Crippen molar-refractivity contribution in [3.8, 4) is 23.6 Å². The Labute approximate surface area is 501 Å². The number of ketones is 1. The molecule has 3 heterocycles. The molecule has 462 valence electrons. The Balaban J connectivity index is 0.000000972. The molecule has 2 saturated carbocycles. The Bertz CT molecular complexity index is 2420. The van der Waals surface area contributed by atoms with Gasteiger partial charge in [-0.15, -0.1) is 12.3 Å². The minimum Gasteiger partial charge on any atom is -0.345 e. The van der Waals surface area contributed by atoms with Crippen LogP contribution in [-0.4, -0.2) is 108 Å². The molecule has 2 aliphatic carbocycles. The maximum atomic E-state index is 13.8. The van der Waals surface area contributed by atoms with Crippen molar-refractivity contribution < 1.29 is 19.2 Å². The molecule has 3 aliphatic rings. The van der Waals surface area contributed by atoms with E-state index in [4.69, 9.17) is 21.2 Å². The second-order valence-corrected chi connectivity index (χ2v) is 24.4. The zero-order chi connectivity index (χ0) is 62.1. The number of carbonyl (C=O) groups excluding carboxylic acids is 4. The number of nitrogens with zero attached hydrogens (tertiary/aromatic N) is 5. The fraction of sp³-hybridized carbons (Fsp3) is 0.690. The number of pyridine rings is 1. The van der Waals surface area contributed by atoms with E-state index in [1.807, 2.05) is 34.0 Å². The van der Waals surface area contributed by atoms with E-state index >= 15 is 0 Å². The molecule has 3 aromatic rings. The van der Waals surface area contributed by atoms with Gasteiger partial charge in [-0.25, -0.2) is 0 Å². The summed E-state index contributed by atoms with van der Waals surface area (Å²) < 4.78 is 2.47. The summed E-state index contributed by atoms with van der Waals surface area (Å²) in [6, 6.07) is 10.1. The molecular formula is C71H119N7O4. The first-order valence-electron chi connectivity index (χ1n) is 32.1. The van der Waals surface area contributed by atoms with Gasteiger partial charge in [0.15, 0.2) is 0 Å². The number of terminal acetylenes is 1. The molecule has 5 unspecified atom stereocenters. The predicted molar refractivity (Wildman–Crippen MR) is 353 cm³/mol. The number of hydrogen-bond acceptors (Lipinski definition) is 9. The smallest absolute Gasteiger partial charge is 0.238 e. The first kappa shape index (κ1) is 75.3. The van der Waals surface area contributed by atoms with Gasteiger partial charge in [-0.3, -0.25) is 24.5 Å². The third kappa shape index (κ3) is 25.6. The number of Topliss-reactive ketones (excluding diaryl/α,β-unsaturated/α-hetero) is 1. The van der Waals surface area contributed by atoms with E-state index in [0.717, 1.165) is 137 Å². The van der Waals surface area contributed by atoms with E-state index in [1.165, 1.54) is 60.3 Å². The highest BCUT2D eigenvalue weighted by molar-refractivity contribution is 5.97. The lowest BCUT2D eigenvalue weighted by atomic mass is 9.81. The molecular weight excluding hydrogens is 1010 g/mol. The molecule has 11 heteroatoms. The van der Waals surface area contributed by atoms with Crippen LogP contribution in [0.5, 0.6) is 0 Å². The molecule has 2 aromatic heterocycles. The van der Waals surface area contributed by atoms with Crippen molar-refractivity contribution in [1.82, 2.24) is 30.0 Å². The second kappa shape index (κ2) is 40.5. The number of aryl methyl sites for hydroxylation is 1. The third-order valence-electron chi connectivity index (χ3n) is 16.7. The Hall–Kier alpha value is -4.76. The average Bonchev–Trinajstić information content (AvgIpc) is 4.60. The molecule has 82 heavy (non-hydrogen) atoms. The van der Waals surface area contributed by atoms with Crippen molar-refractivity contribution in [2.24, 2.45) is 45.9 Å². The van der Waals surface area contributed by atoms with Gasteiger partial charge in [0.05, 0.1) is 29.2 Å². The van der Waals surface area contributed by atoms with Crippen molar-refractivity contribution in [2.75, 3.05) is 46.8 Å². The van der Waals surface area contributed by atoms with Crippen molar-refractivity contribution in [3.63, 3.8) is 0 Å². The van der Waals surface area contributed by atoms with Crippen molar-refractivity contribution in [1.29, 1.82) is 0 Å². The summed E-state index contributed by atoms with van der Waals surface area (Å²) in [6.07, 6.45) is 24.7. The summed E-state index contributed by atoms with van der Waals surface area (Å²) in [5, 5.41) is 7.43. The molecule has 1 saturated heterocycles. The zero-order valence-electron chi connectivity index (χ0n) is 55.8. The van der Waals surface area contributed by atoms with Gasteiger partial charge < -0.3 is 29.7 Å². The molecule has 6 rings (SSSR count). The van der Waals surface area contributed by atoms with Crippen LogP contribution in [-0.2, 0) is 32.1 Å². The number of carbonyl (C=O) groups is 4. The topological polar surface area (TPSA) is 129 Å². The maximum absolute atomic E-state index is 13.8. The first-order valence-corrected chi connectivity index (χ1v) is 32.1. The number of likely N-dealkylation sites (tertiary alicyclic amines) is 1. The van der Waals surface area contributed by atoms with Crippen molar-refractivity contribution in [3.05, 3.63) is 59.4 Å². The minimum absolute atomic E-state index is 0.0632. The van der Waals surface area contributed by atoms with E-state index < -0.39 is 6.04 Å². The summed E-state index contributed by atoms with van der Waals surface area (Å²) in [4.78, 5) is 60.0. The van der Waals surface area contributed by atoms with Crippen molar-refractivity contribution >= 4 is 46.6 Å². The van der Waals surface area contributed by atoms with Gasteiger partial charge in [0.2, 0.25) is 5.91 Å². The fourth-order valence-electron chi connectivity index (χ4n) is 10.7. The number of allylic oxidation sites excluding steroid dienone is 1. The summed E-state index contributed by atoms with van der Waals surface area (Å²) in [7, 11) is 4.11. The number of aromatic nitrogens is 2. The van der Waals surface area contributed by atoms with Gasteiger partial charge in [-0.1, -0.05) is 122 Å². The van der Waals surface area contributed by atoms with Crippen LogP contribution in [0.15, 0.2) is 47.6 Å². The van der Waals surface area contributed by atoms with Crippen LogP contribution in [0.25, 0.3) is 27.9 Å². The van der Waals surface area contributed by atoms with Gasteiger partial charge in [0.1, 0.15) is 18.4 Å². The first-order chi connectivity index (χ1) is 39.1. The van der Waals surface area contributed by atoms with E-state index in [9.17, 15) is 14.4 Å². The van der Waals surface area contributed by atoms with Gasteiger partial charge in [-0.05, 0) is 190 Å². The van der Waals surface area contributed by atoms with E-state index in [2.05, 4.69) is 164 Å². The van der Waals surface area contributed by atoms with Crippen LogP contribution in [0.3, 0.4) is 0 Å². The normalized spacial score (nSPS) is 16.8. The number of benzene rings is 1. The molecule has 3 fully saturated rings. The number of unbranched alkanes of at least 4 members (excludes halogenated alkanes) is 2. The SMILES string of the molecule is C#CCCCCNC.C/C=C(\N=C(CC)CC(C=O)NC(=O)C(C(C)C)N1CCC(CN(C)CC)C1)c1ccc2c(c1)c(CC(C)(C)CC)c(-c1cccnc1C(C)C)n2CC.CC.CC(=O)C1CC1.CC=O.CCC(C)C(C)C1CC1. The molecule has 2 N–H and O–H groups in total. The molecule has 0 bridgehead atoms. The van der Waals surface area contributed by atoms with Crippen molar-refractivity contribution in [2.45, 2.75) is 233 Å². The van der Waals surface area contributed by atoms with Gasteiger partial charge in [0.25, 0.3) is 0 Å². The lowest BCUT2D eigenvalue weighted by Gasteiger charge is -2.31. The van der Waals surface area contributed by atoms with Gasteiger partial charge >= 0.3 is 0 Å². The largest absolute Gasteiger partial charge is 0.345 e. The zero-order valence-corrected chi connectivity index (χ0v) is 55.8. The van der Waals surface area contributed by atoms with E-state index in [0.29, 0.717) is 36.4 Å². The Kier molecular flexibility index (Phi) is 37.2. The van der Waals surface area contributed by atoms with Crippen LogP contribution >= 0.6 is 0 Å². The molecule has 0 radical (unpaired) electrons. The number of nitrogens with one attached hydrogen (secondary N) is 2. The van der Waals surface area contributed by atoms with E-state index in [1.54, 1.807) is 6.92 Å². The number of aldehydes is 2. The molecule has 1 aliphatic heterocycles. The van der Waals surface area contributed by atoms with Crippen LogP contribution < -0.4 is 10.6 Å². The molecule has 5 atom stereocenters. The number of amides is 1. The molecule has 1 amide bonds. The molecule has 11 nitrogen and oxygen atoms in total. The number of rotatable bonds is 27. The molecule has 0 spiro atoms. The highest BCUT2D eigenvalue weighted by Gasteiger charge is 2.36. The summed E-state index contributed by atoms with van der Waals surface area (Å²) >= 11 is 0. The Morgan fingerprint density at radius 2 is 1.62 bits per heavy atom. The number of fused-ring (bicyclic) bond motifs is 1. The highest BCUT2D eigenvalue weighted by atomic mass is 16.2. The lowest BCUT2D eigenvalue weighted by Crippen LogP contribution is -2.52. The fourth-order valence-corrected chi connectivity index (χ4v) is 10.7. The third-order valence-corrected chi connectivity index (χ3v) is 16.7. The lowest BCUT2D eigenvalue weighted by molar-refractivity contribution is -0.129. The van der Waals surface area contributed by atoms with Gasteiger partial charge in [-0.2, -0.15) is 0 Å². The second-order valence-electron chi connectivity index (χ2n) is 24.4. The maximum Gasteiger partial charge on any atom is 0.238 e. The van der Waals surface area contributed by atoms with Crippen LogP contribution in [0.4, 0.5) is 0 Å². The highest BCUT2D eigenvalue weighted by Crippen LogP contribution is 2.43. The number of aliphatic imine (C=N–C) groups is 1. The van der Waals surface area contributed by atoms with Crippen LogP contribution in [0, 0.1) is 53.3 Å². The van der Waals surface area contributed by atoms with Gasteiger partial charge in [0, 0.05) is 72.3 Å². The van der Waals surface area contributed by atoms with Crippen LogP contribution in [0.2, 0.25) is 0 Å². The standard InChI is InChI=1S/C46H70N6O2.C9H18.C7H13N.C5H8O.C2H4O.C2H6/c1-13-35(26-36(30-53)49-45(54)43(32(8)9)51-24-22-33(29-51)28-50(12)16-4)48-40(14-2)34-20-21-41-38(25-34)39(27-46(10,11)15-3)44(52(41)17-5)37-19-18-23-47-42(37)31(6)7;1-4-7(2)8(3)9-5-6-9;1-3-4-5-6-7-8-2;1-4(6)5-2-3-5;1-2-3;1-2/h14,18-21,23,25,30-33,36,43H,13,15-17,22,24,26-29H2,1-12H3,(H,49,54);7-9H,4-6H2,1-3H3;1,8H,4-7H2,2H3;5H,2-3H2,1H3;2H,1H3;1-2H3/b40-14-,48-35?;;;;;. The van der Waals surface area contributed by atoms with Crippen LogP contribution in [0.1, 0.15) is 224 Å². The molecule has 1 aromatic carbocycles. The van der Waals surface area contributed by atoms with E-state index in [-0.39, 0.29) is 23.3 Å². The summed E-state index contributed by atoms with van der Waals surface area (Å²) in [6.45, 7) is 44.2. The monoisotopic (exact) mass is 1130 g/mol. The predicted octanol–water partition coefficient (Wildman–Crippen LogP) is 15.7. The summed E-state index contributed by atoms with van der Waals surface area (Å²) in [5.74, 6) is 7.40.